The van der Waals surface area contributed by atoms with Crippen LogP contribution in [0.2, 0.25) is 0 Å². The Morgan fingerprint density at radius 1 is 1.11 bits per heavy atom. The van der Waals surface area contributed by atoms with Crippen molar-refractivity contribution in [2.75, 3.05) is 13.7 Å². The van der Waals surface area contributed by atoms with Crippen molar-refractivity contribution in [3.8, 4) is 0 Å². The van der Waals surface area contributed by atoms with E-state index in [9.17, 15) is 0 Å². The van der Waals surface area contributed by atoms with Crippen LogP contribution >= 0.6 is 0 Å². The van der Waals surface area contributed by atoms with Crippen LogP contribution in [0.1, 0.15) is 74.1 Å². The molecule has 116 valence electrons. The summed E-state index contributed by atoms with van der Waals surface area (Å²) in [6.07, 6.45) is 4.76. The summed E-state index contributed by atoms with van der Waals surface area (Å²) < 4.78 is 5.54. The Hall–Kier alpha value is -0.0800. The summed E-state index contributed by atoms with van der Waals surface area (Å²) in [5, 5.41) is 3.71. The van der Waals surface area contributed by atoms with Crippen LogP contribution in [0.25, 0.3) is 0 Å². The topological polar surface area (TPSA) is 21.3 Å². The number of hydrogen-bond donors (Lipinski definition) is 1. The largest absolute Gasteiger partial charge is 0.379 e. The van der Waals surface area contributed by atoms with Crippen molar-refractivity contribution in [2.24, 2.45) is 11.3 Å². The molecule has 0 rings (SSSR count). The van der Waals surface area contributed by atoms with E-state index in [0.717, 1.165) is 18.9 Å². The molecule has 2 unspecified atom stereocenters. The zero-order chi connectivity index (χ0) is 15.1. The molecule has 0 aliphatic rings. The molecular weight excluding hydrogens is 234 g/mol. The van der Waals surface area contributed by atoms with E-state index in [2.05, 4.69) is 53.8 Å². The molecule has 0 aromatic heterocycles. The lowest BCUT2D eigenvalue weighted by molar-refractivity contribution is 0.0107. The van der Waals surface area contributed by atoms with Crippen molar-refractivity contribution in [1.82, 2.24) is 5.32 Å². The molecule has 1 N–H and O–H groups in total. The van der Waals surface area contributed by atoms with Crippen LogP contribution in [0.3, 0.4) is 0 Å². The standard InChI is InChI=1S/C17H37NO/c1-9-12-18-15(10-11-17(6,7)19-8)13-14(2)16(3,4)5/h14-15,18H,9-13H2,1-8H3. The summed E-state index contributed by atoms with van der Waals surface area (Å²) in [6.45, 7) is 17.1. The summed E-state index contributed by atoms with van der Waals surface area (Å²) in [6, 6.07) is 0.614. The van der Waals surface area contributed by atoms with Crippen LogP contribution in [-0.2, 0) is 4.74 Å². The Balaban J connectivity index is 4.38. The molecule has 2 nitrogen and oxygen atoms in total. The van der Waals surface area contributed by atoms with E-state index in [4.69, 9.17) is 4.74 Å². The van der Waals surface area contributed by atoms with Gasteiger partial charge in [-0.25, -0.2) is 0 Å². The molecule has 0 heterocycles. The van der Waals surface area contributed by atoms with Gasteiger partial charge < -0.3 is 10.1 Å². The van der Waals surface area contributed by atoms with Gasteiger partial charge in [-0.2, -0.15) is 0 Å². The highest BCUT2D eigenvalue weighted by Crippen LogP contribution is 2.30. The summed E-state index contributed by atoms with van der Waals surface area (Å²) in [4.78, 5) is 0. The normalized spacial score (nSPS) is 16.4. The molecule has 2 heteroatoms. The highest BCUT2D eigenvalue weighted by Gasteiger charge is 2.25. The van der Waals surface area contributed by atoms with Crippen molar-refractivity contribution >= 4 is 0 Å². The predicted octanol–water partition coefficient (Wildman–Crippen LogP) is 4.63. The maximum atomic E-state index is 5.54. The van der Waals surface area contributed by atoms with Gasteiger partial charge in [0.2, 0.25) is 0 Å². The van der Waals surface area contributed by atoms with Gasteiger partial charge in [0.15, 0.2) is 0 Å². The van der Waals surface area contributed by atoms with Gasteiger partial charge in [-0.3, -0.25) is 0 Å². The average Bonchev–Trinajstić information content (AvgIpc) is 2.31. The van der Waals surface area contributed by atoms with Crippen LogP contribution in [0.5, 0.6) is 0 Å². The number of nitrogens with one attached hydrogen (secondary N) is 1. The zero-order valence-electron chi connectivity index (χ0n) is 14.6. The highest BCUT2D eigenvalue weighted by molar-refractivity contribution is 4.79. The second-order valence-electron chi connectivity index (χ2n) is 7.66. The van der Waals surface area contributed by atoms with Crippen molar-refractivity contribution in [1.29, 1.82) is 0 Å². The van der Waals surface area contributed by atoms with E-state index in [-0.39, 0.29) is 5.60 Å². The van der Waals surface area contributed by atoms with Gasteiger partial charge in [-0.1, -0.05) is 34.6 Å². The number of hydrogen-bond acceptors (Lipinski definition) is 2. The first-order chi connectivity index (χ1) is 8.62. The van der Waals surface area contributed by atoms with Gasteiger partial charge in [0.25, 0.3) is 0 Å². The lowest BCUT2D eigenvalue weighted by Gasteiger charge is -2.33. The van der Waals surface area contributed by atoms with E-state index >= 15 is 0 Å². The summed E-state index contributed by atoms with van der Waals surface area (Å²) in [5.41, 5.74) is 0.389. The number of ether oxygens (including phenoxy) is 1. The van der Waals surface area contributed by atoms with E-state index in [0.29, 0.717) is 11.5 Å². The molecule has 0 aliphatic carbocycles. The lowest BCUT2D eigenvalue weighted by Crippen LogP contribution is -2.36. The fourth-order valence-corrected chi connectivity index (χ4v) is 2.06. The van der Waals surface area contributed by atoms with Crippen molar-refractivity contribution < 1.29 is 4.74 Å². The third kappa shape index (κ3) is 8.65. The fraction of sp³-hybridized carbons (Fsp3) is 1.00. The Labute approximate surface area is 121 Å². The third-order valence-corrected chi connectivity index (χ3v) is 4.45. The Kier molecular flexibility index (Phi) is 8.23. The van der Waals surface area contributed by atoms with Gasteiger partial charge in [-0.05, 0) is 57.4 Å². The Morgan fingerprint density at radius 3 is 2.11 bits per heavy atom. The third-order valence-electron chi connectivity index (χ3n) is 4.45. The first-order valence-corrected chi connectivity index (χ1v) is 7.91. The second kappa shape index (κ2) is 8.26. The maximum Gasteiger partial charge on any atom is 0.0623 e. The second-order valence-corrected chi connectivity index (χ2v) is 7.66. The maximum absolute atomic E-state index is 5.54. The van der Waals surface area contributed by atoms with Crippen molar-refractivity contribution in [2.45, 2.75) is 85.8 Å². The molecular formula is C17H37NO. The molecule has 2 atom stereocenters. The minimum atomic E-state index is -0.00286. The molecule has 0 aliphatic heterocycles. The Bertz CT molecular complexity index is 230. The predicted molar refractivity (Wildman–Crippen MR) is 85.6 cm³/mol. The van der Waals surface area contributed by atoms with Crippen LogP contribution in [0, 0.1) is 11.3 Å². The van der Waals surface area contributed by atoms with Gasteiger partial charge in [0.1, 0.15) is 0 Å². The molecule has 0 saturated carbocycles. The fourth-order valence-electron chi connectivity index (χ4n) is 2.06. The van der Waals surface area contributed by atoms with Gasteiger partial charge in [0.05, 0.1) is 5.60 Å². The molecule has 0 aromatic carbocycles. The minimum absolute atomic E-state index is 0.00286. The first-order valence-electron chi connectivity index (χ1n) is 7.91. The molecule has 0 aromatic rings. The first kappa shape index (κ1) is 18.9. The smallest absolute Gasteiger partial charge is 0.0623 e. The van der Waals surface area contributed by atoms with Gasteiger partial charge in [0, 0.05) is 13.2 Å². The van der Waals surface area contributed by atoms with Gasteiger partial charge in [-0.15, -0.1) is 0 Å². The minimum Gasteiger partial charge on any atom is -0.379 e. The van der Waals surface area contributed by atoms with Crippen molar-refractivity contribution in [3.63, 3.8) is 0 Å². The van der Waals surface area contributed by atoms with E-state index in [1.807, 2.05) is 7.11 Å². The Morgan fingerprint density at radius 2 is 1.68 bits per heavy atom. The summed E-state index contributed by atoms with van der Waals surface area (Å²) in [5.74, 6) is 0.729. The molecule has 0 spiro atoms. The van der Waals surface area contributed by atoms with Crippen LogP contribution in [-0.4, -0.2) is 25.3 Å². The molecule has 19 heavy (non-hydrogen) atoms. The van der Waals surface area contributed by atoms with E-state index in [1.165, 1.54) is 19.3 Å². The molecule has 0 saturated heterocycles. The number of rotatable bonds is 9. The molecule has 0 fully saturated rings. The average molecular weight is 271 g/mol. The number of methoxy groups -OCH3 is 1. The van der Waals surface area contributed by atoms with Crippen LogP contribution in [0.15, 0.2) is 0 Å². The van der Waals surface area contributed by atoms with Crippen LogP contribution < -0.4 is 5.32 Å². The van der Waals surface area contributed by atoms with Gasteiger partial charge >= 0.3 is 0 Å². The lowest BCUT2D eigenvalue weighted by atomic mass is 9.77. The summed E-state index contributed by atoms with van der Waals surface area (Å²) in [7, 11) is 1.81. The van der Waals surface area contributed by atoms with E-state index < -0.39 is 0 Å². The highest BCUT2D eigenvalue weighted by atomic mass is 16.5. The monoisotopic (exact) mass is 271 g/mol. The molecule has 0 amide bonds. The zero-order valence-corrected chi connectivity index (χ0v) is 14.6. The quantitative estimate of drug-likeness (QED) is 0.660. The van der Waals surface area contributed by atoms with E-state index in [1.54, 1.807) is 0 Å². The van der Waals surface area contributed by atoms with Crippen molar-refractivity contribution in [3.05, 3.63) is 0 Å². The summed E-state index contributed by atoms with van der Waals surface area (Å²) >= 11 is 0. The SMILES string of the molecule is CCCNC(CCC(C)(C)OC)CC(C)C(C)(C)C. The molecule has 0 bridgehead atoms. The molecule has 0 radical (unpaired) electrons. The van der Waals surface area contributed by atoms with Crippen LogP contribution in [0.4, 0.5) is 0 Å².